The van der Waals surface area contributed by atoms with E-state index in [4.69, 9.17) is 0 Å². The predicted octanol–water partition coefficient (Wildman–Crippen LogP) is 5.10. The SMILES string of the molecule is CCCNCc1ccc(Sc2ccccc2Br)cc1. The van der Waals surface area contributed by atoms with Crippen LogP contribution in [0.25, 0.3) is 0 Å². The fourth-order valence-corrected chi connectivity index (χ4v) is 3.11. The Kier molecular flexibility index (Phi) is 5.95. The van der Waals surface area contributed by atoms with Crippen molar-refractivity contribution in [3.8, 4) is 0 Å². The van der Waals surface area contributed by atoms with E-state index in [9.17, 15) is 0 Å². The Bertz CT molecular complexity index is 510. The molecule has 0 saturated heterocycles. The molecule has 0 aliphatic carbocycles. The van der Waals surface area contributed by atoms with E-state index in [-0.39, 0.29) is 0 Å². The highest BCUT2D eigenvalue weighted by Gasteiger charge is 2.01. The van der Waals surface area contributed by atoms with Crippen LogP contribution >= 0.6 is 27.7 Å². The second-order valence-electron chi connectivity index (χ2n) is 4.35. The third kappa shape index (κ3) is 4.68. The van der Waals surface area contributed by atoms with Crippen molar-refractivity contribution in [1.82, 2.24) is 5.32 Å². The lowest BCUT2D eigenvalue weighted by atomic mass is 10.2. The average Bonchev–Trinajstić information content (AvgIpc) is 2.44. The molecule has 0 aromatic heterocycles. The highest BCUT2D eigenvalue weighted by Crippen LogP contribution is 2.33. The minimum absolute atomic E-state index is 0.952. The van der Waals surface area contributed by atoms with Crippen LogP contribution < -0.4 is 5.32 Å². The smallest absolute Gasteiger partial charge is 0.0314 e. The van der Waals surface area contributed by atoms with Gasteiger partial charge >= 0.3 is 0 Å². The van der Waals surface area contributed by atoms with Crippen molar-refractivity contribution in [2.45, 2.75) is 29.7 Å². The van der Waals surface area contributed by atoms with Gasteiger partial charge in [-0.15, -0.1) is 0 Å². The van der Waals surface area contributed by atoms with E-state index in [1.54, 1.807) is 11.8 Å². The molecule has 100 valence electrons. The van der Waals surface area contributed by atoms with E-state index >= 15 is 0 Å². The molecule has 0 radical (unpaired) electrons. The van der Waals surface area contributed by atoms with E-state index in [1.165, 1.54) is 21.8 Å². The maximum atomic E-state index is 3.58. The summed E-state index contributed by atoms with van der Waals surface area (Å²) in [7, 11) is 0. The van der Waals surface area contributed by atoms with E-state index in [0.717, 1.165) is 17.6 Å². The Morgan fingerprint density at radius 2 is 1.79 bits per heavy atom. The molecule has 0 heterocycles. The van der Waals surface area contributed by atoms with Crippen molar-refractivity contribution < 1.29 is 0 Å². The van der Waals surface area contributed by atoms with Crippen LogP contribution in [0.15, 0.2) is 62.8 Å². The van der Waals surface area contributed by atoms with Gasteiger partial charge in [0.1, 0.15) is 0 Å². The van der Waals surface area contributed by atoms with Crippen LogP contribution in [0.1, 0.15) is 18.9 Å². The molecule has 0 amide bonds. The van der Waals surface area contributed by atoms with Crippen LogP contribution in [0.3, 0.4) is 0 Å². The summed E-state index contributed by atoms with van der Waals surface area (Å²) in [5.74, 6) is 0. The van der Waals surface area contributed by atoms with Crippen molar-refractivity contribution in [2.24, 2.45) is 0 Å². The van der Waals surface area contributed by atoms with Gasteiger partial charge in [-0.05, 0) is 58.7 Å². The van der Waals surface area contributed by atoms with Crippen molar-refractivity contribution in [3.63, 3.8) is 0 Å². The number of halogens is 1. The van der Waals surface area contributed by atoms with E-state index < -0.39 is 0 Å². The maximum absolute atomic E-state index is 3.58. The van der Waals surface area contributed by atoms with Gasteiger partial charge in [-0.3, -0.25) is 0 Å². The summed E-state index contributed by atoms with van der Waals surface area (Å²) >= 11 is 5.36. The fourth-order valence-electron chi connectivity index (χ4n) is 1.74. The molecule has 0 fully saturated rings. The van der Waals surface area contributed by atoms with Gasteiger partial charge < -0.3 is 5.32 Å². The van der Waals surface area contributed by atoms with Crippen LogP contribution in [0, 0.1) is 0 Å². The fraction of sp³-hybridized carbons (Fsp3) is 0.250. The van der Waals surface area contributed by atoms with Crippen molar-refractivity contribution in [1.29, 1.82) is 0 Å². The van der Waals surface area contributed by atoms with Gasteiger partial charge in [-0.25, -0.2) is 0 Å². The molecular formula is C16H18BrNS. The number of nitrogens with one attached hydrogen (secondary N) is 1. The Hall–Kier alpha value is -0.770. The monoisotopic (exact) mass is 335 g/mol. The molecule has 0 aliphatic rings. The van der Waals surface area contributed by atoms with Crippen LogP contribution in [-0.4, -0.2) is 6.54 Å². The Morgan fingerprint density at radius 3 is 2.47 bits per heavy atom. The van der Waals surface area contributed by atoms with Crippen molar-refractivity contribution in [2.75, 3.05) is 6.54 Å². The minimum Gasteiger partial charge on any atom is -0.313 e. The second kappa shape index (κ2) is 7.73. The molecule has 1 nitrogen and oxygen atoms in total. The standard InChI is InChI=1S/C16H18BrNS/c1-2-11-18-12-13-7-9-14(10-8-13)19-16-6-4-3-5-15(16)17/h3-10,18H,2,11-12H2,1H3. The largest absolute Gasteiger partial charge is 0.313 e. The first kappa shape index (κ1) is 14.6. The summed E-state index contributed by atoms with van der Waals surface area (Å²) in [5.41, 5.74) is 1.34. The molecule has 0 saturated carbocycles. The van der Waals surface area contributed by atoms with Gasteiger partial charge in [0.2, 0.25) is 0 Å². The summed E-state index contributed by atoms with van der Waals surface area (Å²) in [6, 6.07) is 17.1. The molecule has 0 spiro atoms. The lowest BCUT2D eigenvalue weighted by Crippen LogP contribution is -2.13. The molecule has 0 atom stereocenters. The number of hydrogen-bond donors (Lipinski definition) is 1. The summed E-state index contributed by atoms with van der Waals surface area (Å²) < 4.78 is 1.15. The van der Waals surface area contributed by atoms with Gasteiger partial charge in [0.05, 0.1) is 0 Å². The lowest BCUT2D eigenvalue weighted by Gasteiger charge is -2.06. The summed E-state index contributed by atoms with van der Waals surface area (Å²) in [6.45, 7) is 4.21. The third-order valence-corrected chi connectivity index (χ3v) is 4.78. The van der Waals surface area contributed by atoms with E-state index in [1.807, 2.05) is 6.07 Å². The lowest BCUT2D eigenvalue weighted by molar-refractivity contribution is 0.675. The molecule has 0 unspecified atom stereocenters. The van der Waals surface area contributed by atoms with Crippen molar-refractivity contribution >= 4 is 27.7 Å². The zero-order valence-electron chi connectivity index (χ0n) is 11.0. The van der Waals surface area contributed by atoms with Crippen LogP contribution in [-0.2, 0) is 6.54 Å². The third-order valence-electron chi connectivity index (χ3n) is 2.74. The van der Waals surface area contributed by atoms with Crippen molar-refractivity contribution in [3.05, 3.63) is 58.6 Å². The Balaban J connectivity index is 1.97. The highest BCUT2D eigenvalue weighted by atomic mass is 79.9. The first-order chi connectivity index (χ1) is 9.29. The summed E-state index contributed by atoms with van der Waals surface area (Å²) in [5, 5.41) is 3.42. The highest BCUT2D eigenvalue weighted by molar-refractivity contribution is 9.10. The molecule has 2 aromatic rings. The van der Waals surface area contributed by atoms with Gasteiger partial charge in [0.15, 0.2) is 0 Å². The quantitative estimate of drug-likeness (QED) is 0.737. The second-order valence-corrected chi connectivity index (χ2v) is 6.32. The molecule has 0 bridgehead atoms. The van der Waals surface area contributed by atoms with Gasteiger partial charge in [0.25, 0.3) is 0 Å². The molecular weight excluding hydrogens is 318 g/mol. The van der Waals surface area contributed by atoms with E-state index in [2.05, 4.69) is 70.6 Å². The normalized spacial score (nSPS) is 10.6. The average molecular weight is 336 g/mol. The van der Waals surface area contributed by atoms with Crippen LogP contribution in [0.5, 0.6) is 0 Å². The number of rotatable bonds is 6. The molecule has 2 aromatic carbocycles. The Labute approximate surface area is 127 Å². The number of benzene rings is 2. The minimum atomic E-state index is 0.952. The van der Waals surface area contributed by atoms with Gasteiger partial charge in [-0.1, -0.05) is 43.0 Å². The molecule has 3 heteroatoms. The van der Waals surface area contributed by atoms with Gasteiger partial charge in [-0.2, -0.15) is 0 Å². The zero-order valence-corrected chi connectivity index (χ0v) is 13.4. The van der Waals surface area contributed by atoms with Gasteiger partial charge in [0, 0.05) is 20.8 Å². The van der Waals surface area contributed by atoms with Crippen LogP contribution in [0.2, 0.25) is 0 Å². The zero-order chi connectivity index (χ0) is 13.5. The number of hydrogen-bond acceptors (Lipinski definition) is 2. The van der Waals surface area contributed by atoms with Crippen LogP contribution in [0.4, 0.5) is 0 Å². The summed E-state index contributed by atoms with van der Waals surface area (Å²) in [6.07, 6.45) is 1.18. The first-order valence-electron chi connectivity index (χ1n) is 6.51. The first-order valence-corrected chi connectivity index (χ1v) is 8.12. The molecule has 1 N–H and O–H groups in total. The predicted molar refractivity (Wildman–Crippen MR) is 86.7 cm³/mol. The maximum Gasteiger partial charge on any atom is 0.0314 e. The topological polar surface area (TPSA) is 12.0 Å². The molecule has 19 heavy (non-hydrogen) atoms. The molecule has 0 aliphatic heterocycles. The Morgan fingerprint density at radius 1 is 1.05 bits per heavy atom. The molecule has 2 rings (SSSR count). The summed E-state index contributed by atoms with van der Waals surface area (Å²) in [4.78, 5) is 2.52. The van der Waals surface area contributed by atoms with E-state index in [0.29, 0.717) is 0 Å².